The Bertz CT molecular complexity index is 1070. The van der Waals surface area contributed by atoms with Gasteiger partial charge < -0.3 is 23.7 Å². The summed E-state index contributed by atoms with van der Waals surface area (Å²) >= 11 is 0. The lowest BCUT2D eigenvalue weighted by molar-refractivity contribution is -0.222. The smallest absolute Gasteiger partial charge is 0.303 e. The van der Waals surface area contributed by atoms with Crippen molar-refractivity contribution in [2.24, 2.45) is 40.4 Å². The van der Waals surface area contributed by atoms with Crippen molar-refractivity contribution in [2.45, 2.75) is 136 Å². The second kappa shape index (κ2) is 14.4. The number of esters is 2. The van der Waals surface area contributed by atoms with Gasteiger partial charge in [0.05, 0.1) is 6.10 Å². The first-order chi connectivity index (χ1) is 21.0. The van der Waals surface area contributed by atoms with Crippen molar-refractivity contribution in [1.29, 1.82) is 0 Å². The summed E-state index contributed by atoms with van der Waals surface area (Å²) in [5.74, 6) is 3.18. The van der Waals surface area contributed by atoms with Gasteiger partial charge >= 0.3 is 11.9 Å². The van der Waals surface area contributed by atoms with Crippen molar-refractivity contribution in [1.82, 2.24) is 0 Å². The van der Waals surface area contributed by atoms with Gasteiger partial charge in [-0.15, -0.1) is 0 Å². The van der Waals surface area contributed by atoms with Gasteiger partial charge in [-0.3, -0.25) is 9.59 Å². The molecular weight excluding hydrogens is 556 g/mol. The Labute approximate surface area is 265 Å². The van der Waals surface area contributed by atoms with Gasteiger partial charge in [0.1, 0.15) is 18.8 Å². The molecule has 1 heterocycles. The lowest BCUT2D eigenvalue weighted by atomic mass is 9.44. The maximum atomic E-state index is 11.6. The topological polar surface area (TPSA) is 80.3 Å². The molecule has 11 atom stereocenters. The normalized spacial score (nSPS) is 41.8. The van der Waals surface area contributed by atoms with E-state index in [1.165, 1.54) is 71.6 Å². The summed E-state index contributed by atoms with van der Waals surface area (Å²) < 4.78 is 28.5. The standard InChI is InChI=1S/C37H58O7/c1-24(10-8-7-9-21-40-6)30-13-14-31-29-12-11-27-22-28(17-19-36(27,4)32(29)18-20-37(30,31)5)43-35-16-15-33(42-26(3)39)34(44-35)23-41-25(2)38/h10,15-16,27-35H,7-9,11-14,17-23H2,1-6H3/b24-10+/t27-,28-,29-,30+,31-,32-,33-,34+,35?,36-,37+/m0/s1. The van der Waals surface area contributed by atoms with Crippen LogP contribution in [-0.2, 0) is 33.3 Å². The average molecular weight is 615 g/mol. The van der Waals surface area contributed by atoms with Gasteiger partial charge in [0, 0.05) is 27.6 Å². The number of unbranched alkanes of at least 4 members (excludes halogenated alkanes) is 2. The third kappa shape index (κ3) is 7.15. The van der Waals surface area contributed by atoms with Crippen molar-refractivity contribution in [3.63, 3.8) is 0 Å². The van der Waals surface area contributed by atoms with E-state index in [1.807, 2.05) is 12.2 Å². The Morgan fingerprint density at radius 3 is 2.43 bits per heavy atom. The van der Waals surface area contributed by atoms with Crippen LogP contribution in [0.5, 0.6) is 0 Å². The second-order valence-corrected chi connectivity index (χ2v) is 15.1. The molecule has 0 amide bonds. The fourth-order valence-electron chi connectivity index (χ4n) is 10.5. The summed E-state index contributed by atoms with van der Waals surface area (Å²) in [6, 6.07) is 0. The minimum absolute atomic E-state index is 0.0244. The number of carbonyl (C=O) groups excluding carboxylic acids is 2. The molecule has 0 aromatic heterocycles. The number of hydrogen-bond acceptors (Lipinski definition) is 7. The van der Waals surface area contributed by atoms with E-state index in [1.54, 1.807) is 12.7 Å². The lowest BCUT2D eigenvalue weighted by Crippen LogP contribution is -2.54. The number of rotatable bonds is 11. The Morgan fingerprint density at radius 1 is 0.909 bits per heavy atom. The number of methoxy groups -OCH3 is 1. The maximum absolute atomic E-state index is 11.6. The molecule has 0 spiro atoms. The van der Waals surface area contributed by atoms with Gasteiger partial charge in [0.15, 0.2) is 6.29 Å². The zero-order valence-corrected chi connectivity index (χ0v) is 28.2. The molecule has 4 fully saturated rings. The minimum atomic E-state index is -0.594. The van der Waals surface area contributed by atoms with E-state index in [9.17, 15) is 9.59 Å². The van der Waals surface area contributed by atoms with Crippen molar-refractivity contribution >= 4 is 11.9 Å². The van der Waals surface area contributed by atoms with E-state index in [-0.39, 0.29) is 18.7 Å². The van der Waals surface area contributed by atoms with Gasteiger partial charge in [-0.2, -0.15) is 0 Å². The molecule has 44 heavy (non-hydrogen) atoms. The first-order valence-electron chi connectivity index (χ1n) is 17.5. The molecule has 0 saturated heterocycles. The summed E-state index contributed by atoms with van der Waals surface area (Å²) in [6.45, 7) is 11.3. The Kier molecular flexibility index (Phi) is 11.0. The molecule has 5 rings (SSSR count). The van der Waals surface area contributed by atoms with Crippen LogP contribution in [0.3, 0.4) is 0 Å². The number of hydrogen-bond donors (Lipinski definition) is 0. The van der Waals surface area contributed by atoms with Crippen molar-refractivity contribution in [3.05, 3.63) is 23.8 Å². The Hall–Kier alpha value is -1.70. The molecule has 0 N–H and O–H groups in total. The first-order valence-corrected chi connectivity index (χ1v) is 17.5. The van der Waals surface area contributed by atoms with Crippen LogP contribution in [0.4, 0.5) is 0 Å². The van der Waals surface area contributed by atoms with Crippen LogP contribution in [0.1, 0.15) is 112 Å². The highest BCUT2D eigenvalue weighted by atomic mass is 16.7. The van der Waals surface area contributed by atoms with E-state index in [4.69, 9.17) is 23.7 Å². The van der Waals surface area contributed by atoms with E-state index < -0.39 is 24.5 Å². The average Bonchev–Trinajstić information content (AvgIpc) is 3.34. The number of fused-ring (bicyclic) bond motifs is 5. The van der Waals surface area contributed by atoms with Crippen molar-refractivity contribution in [2.75, 3.05) is 20.3 Å². The van der Waals surface area contributed by atoms with Crippen LogP contribution in [0.2, 0.25) is 0 Å². The summed E-state index contributed by atoms with van der Waals surface area (Å²) in [6.07, 6.45) is 19.7. The number of allylic oxidation sites excluding steroid dienone is 2. The van der Waals surface area contributed by atoms with E-state index in [0.717, 1.165) is 49.5 Å². The summed E-state index contributed by atoms with van der Waals surface area (Å²) in [5, 5.41) is 0. The quantitative estimate of drug-likeness (QED) is 0.135. The first kappa shape index (κ1) is 33.7. The monoisotopic (exact) mass is 614 g/mol. The molecule has 0 aromatic rings. The van der Waals surface area contributed by atoms with Gasteiger partial charge in [0.25, 0.3) is 0 Å². The molecule has 4 saturated carbocycles. The number of ether oxygens (including phenoxy) is 5. The molecule has 0 aromatic carbocycles. The van der Waals surface area contributed by atoms with Crippen LogP contribution in [0.25, 0.3) is 0 Å². The van der Waals surface area contributed by atoms with Gasteiger partial charge in [-0.05, 0) is 137 Å². The third-order valence-corrected chi connectivity index (χ3v) is 12.6. The predicted octanol–water partition coefficient (Wildman–Crippen LogP) is 7.57. The van der Waals surface area contributed by atoms with Crippen molar-refractivity contribution < 1.29 is 33.3 Å². The molecule has 0 radical (unpaired) electrons. The molecule has 0 bridgehead atoms. The zero-order chi connectivity index (χ0) is 31.5. The molecule has 248 valence electrons. The Balaban J connectivity index is 1.18. The van der Waals surface area contributed by atoms with Crippen LogP contribution >= 0.6 is 0 Å². The van der Waals surface area contributed by atoms with Crippen molar-refractivity contribution in [3.8, 4) is 0 Å². The van der Waals surface area contributed by atoms with Crippen LogP contribution in [-0.4, -0.2) is 56.9 Å². The molecule has 1 aliphatic heterocycles. The van der Waals surface area contributed by atoms with E-state index >= 15 is 0 Å². The molecule has 7 nitrogen and oxygen atoms in total. The van der Waals surface area contributed by atoms with Gasteiger partial charge in [0.2, 0.25) is 0 Å². The zero-order valence-electron chi connectivity index (χ0n) is 28.2. The third-order valence-electron chi connectivity index (χ3n) is 12.6. The highest BCUT2D eigenvalue weighted by Crippen LogP contribution is 2.68. The number of carbonyl (C=O) groups is 2. The summed E-state index contributed by atoms with van der Waals surface area (Å²) in [5.41, 5.74) is 2.49. The van der Waals surface area contributed by atoms with Gasteiger partial charge in [-0.1, -0.05) is 25.5 Å². The second-order valence-electron chi connectivity index (χ2n) is 15.1. The van der Waals surface area contributed by atoms with E-state index in [2.05, 4.69) is 26.8 Å². The maximum Gasteiger partial charge on any atom is 0.303 e. The largest absolute Gasteiger partial charge is 0.463 e. The Morgan fingerprint density at radius 2 is 1.68 bits per heavy atom. The molecule has 4 aliphatic carbocycles. The van der Waals surface area contributed by atoms with Crippen LogP contribution in [0, 0.1) is 40.4 Å². The summed E-state index contributed by atoms with van der Waals surface area (Å²) in [7, 11) is 1.80. The summed E-state index contributed by atoms with van der Waals surface area (Å²) in [4.78, 5) is 23.0. The lowest BCUT2D eigenvalue weighted by Gasteiger charge is -2.61. The fraction of sp³-hybridized carbons (Fsp3) is 0.838. The molecular formula is C37H58O7. The molecule has 7 heteroatoms. The van der Waals surface area contributed by atoms with Gasteiger partial charge in [-0.25, -0.2) is 0 Å². The molecule has 1 unspecified atom stereocenters. The van der Waals surface area contributed by atoms with Crippen LogP contribution in [0.15, 0.2) is 23.8 Å². The van der Waals surface area contributed by atoms with E-state index in [0.29, 0.717) is 16.7 Å². The highest BCUT2D eigenvalue weighted by molar-refractivity contribution is 5.66. The van der Waals surface area contributed by atoms with Crippen LogP contribution < -0.4 is 0 Å². The minimum Gasteiger partial charge on any atom is -0.463 e. The highest BCUT2D eigenvalue weighted by Gasteiger charge is 2.60. The molecule has 5 aliphatic rings. The predicted molar refractivity (Wildman–Crippen MR) is 170 cm³/mol. The SMILES string of the molecule is COCCCC/C=C(\C)[C@H]1CC[C@H]2[C@@H]3CC[C@H]4C[C@@H](OC5C=C[C@H](OC(C)=O)[C@@H](COC(C)=O)O5)CC[C@]4(C)[C@H]3CC[C@]12C. The fourth-order valence-corrected chi connectivity index (χ4v) is 10.5.